The van der Waals surface area contributed by atoms with E-state index < -0.39 is 5.54 Å². The zero-order chi connectivity index (χ0) is 18.9. The minimum atomic E-state index is -1.02. The molecule has 0 unspecified atom stereocenters. The van der Waals surface area contributed by atoms with Crippen LogP contribution in [0.3, 0.4) is 0 Å². The molecule has 138 valence electrons. The van der Waals surface area contributed by atoms with Crippen molar-refractivity contribution in [3.63, 3.8) is 0 Å². The first-order valence-corrected chi connectivity index (χ1v) is 9.21. The van der Waals surface area contributed by atoms with Crippen LogP contribution < -0.4 is 5.32 Å². The van der Waals surface area contributed by atoms with E-state index in [9.17, 15) is 9.59 Å². The lowest BCUT2D eigenvalue weighted by Gasteiger charge is -2.28. The molecule has 0 radical (unpaired) electrons. The number of para-hydroxylation sites is 1. The summed E-state index contributed by atoms with van der Waals surface area (Å²) < 4.78 is 5.31. The van der Waals surface area contributed by atoms with Crippen molar-refractivity contribution >= 4 is 22.8 Å². The highest BCUT2D eigenvalue weighted by atomic mass is 16.5. The normalized spacial score (nSPS) is 14.7. The Labute approximate surface area is 157 Å². The Hall–Kier alpha value is -3.08. The molecule has 1 heterocycles. The zero-order valence-electron chi connectivity index (χ0n) is 15.2. The van der Waals surface area contributed by atoms with Crippen molar-refractivity contribution in [1.82, 2.24) is 10.3 Å². The van der Waals surface area contributed by atoms with Crippen LogP contribution in [0.2, 0.25) is 0 Å². The average Bonchev–Trinajstić information content (AvgIpc) is 3.24. The van der Waals surface area contributed by atoms with Gasteiger partial charge in [-0.25, -0.2) is 4.79 Å². The molecule has 4 rings (SSSR count). The number of amides is 1. The lowest BCUT2D eigenvalue weighted by molar-refractivity contribution is -0.153. The van der Waals surface area contributed by atoms with Gasteiger partial charge in [0.2, 0.25) is 5.91 Å². The number of hydrogen-bond acceptors (Lipinski definition) is 3. The summed E-state index contributed by atoms with van der Waals surface area (Å²) >= 11 is 0. The van der Waals surface area contributed by atoms with Crippen molar-refractivity contribution in [3.05, 3.63) is 71.4 Å². The van der Waals surface area contributed by atoms with E-state index >= 15 is 0 Å². The molecule has 2 aromatic carbocycles. The maximum absolute atomic E-state index is 12.8. The maximum Gasteiger partial charge on any atom is 0.332 e. The summed E-state index contributed by atoms with van der Waals surface area (Å²) in [5.74, 6) is -0.547. The smallest absolute Gasteiger partial charge is 0.332 e. The van der Waals surface area contributed by atoms with E-state index in [0.29, 0.717) is 12.8 Å². The molecule has 3 aromatic rings. The van der Waals surface area contributed by atoms with Crippen LogP contribution >= 0.6 is 0 Å². The Balaban J connectivity index is 1.57. The van der Waals surface area contributed by atoms with Crippen LogP contribution in [-0.2, 0) is 33.6 Å². The van der Waals surface area contributed by atoms with Gasteiger partial charge in [0, 0.05) is 29.9 Å². The SMILES string of the molecule is CCOC(=O)C1(NC(=O)Cc2c[nH]c3ccccc23)Cc2ccccc2C1. The summed E-state index contributed by atoms with van der Waals surface area (Å²) in [7, 11) is 0. The van der Waals surface area contributed by atoms with Gasteiger partial charge >= 0.3 is 5.97 Å². The molecule has 1 aromatic heterocycles. The number of aromatic amines is 1. The summed E-state index contributed by atoms with van der Waals surface area (Å²) in [6.45, 7) is 2.07. The van der Waals surface area contributed by atoms with Crippen LogP contribution in [0.1, 0.15) is 23.6 Å². The van der Waals surface area contributed by atoms with Crippen LogP contribution in [0.15, 0.2) is 54.7 Å². The molecule has 2 N–H and O–H groups in total. The van der Waals surface area contributed by atoms with Crippen molar-refractivity contribution in [2.24, 2.45) is 0 Å². The van der Waals surface area contributed by atoms with E-state index in [-0.39, 0.29) is 24.9 Å². The quantitative estimate of drug-likeness (QED) is 0.686. The number of carbonyl (C=O) groups excluding carboxylic acids is 2. The van der Waals surface area contributed by atoms with Gasteiger partial charge in [0.1, 0.15) is 5.54 Å². The summed E-state index contributed by atoms with van der Waals surface area (Å²) in [6.07, 6.45) is 2.98. The number of hydrogen-bond donors (Lipinski definition) is 2. The van der Waals surface area contributed by atoms with Gasteiger partial charge in [-0.1, -0.05) is 42.5 Å². The van der Waals surface area contributed by atoms with Crippen LogP contribution in [-0.4, -0.2) is 29.0 Å². The minimum Gasteiger partial charge on any atom is -0.464 e. The Bertz CT molecular complexity index is 980. The van der Waals surface area contributed by atoms with E-state index in [4.69, 9.17) is 4.74 Å². The molecule has 5 nitrogen and oxygen atoms in total. The fourth-order valence-corrected chi connectivity index (χ4v) is 3.93. The van der Waals surface area contributed by atoms with Crippen molar-refractivity contribution in [1.29, 1.82) is 0 Å². The van der Waals surface area contributed by atoms with Crippen LogP contribution in [0.25, 0.3) is 10.9 Å². The monoisotopic (exact) mass is 362 g/mol. The number of H-pyrrole nitrogens is 1. The number of aromatic nitrogens is 1. The second-order valence-electron chi connectivity index (χ2n) is 7.01. The van der Waals surface area contributed by atoms with Gasteiger partial charge in [0.15, 0.2) is 0 Å². The standard InChI is InChI=1S/C22H22N2O3/c1-2-27-21(26)22(12-15-7-3-4-8-16(15)13-22)24-20(25)11-17-14-23-19-10-6-5-9-18(17)19/h3-10,14,23H,2,11-13H2,1H3,(H,24,25). The lowest BCUT2D eigenvalue weighted by Crippen LogP contribution is -2.56. The van der Waals surface area contributed by atoms with Crippen LogP contribution in [0, 0.1) is 0 Å². The predicted molar refractivity (Wildman–Crippen MR) is 103 cm³/mol. The van der Waals surface area contributed by atoms with E-state index in [1.165, 1.54) is 0 Å². The third-order valence-electron chi connectivity index (χ3n) is 5.17. The number of nitrogens with one attached hydrogen (secondary N) is 2. The maximum atomic E-state index is 12.8. The molecule has 1 aliphatic rings. The Morgan fingerprint density at radius 2 is 1.74 bits per heavy atom. The molecule has 0 aliphatic heterocycles. The highest BCUT2D eigenvalue weighted by Gasteiger charge is 2.46. The first-order valence-electron chi connectivity index (χ1n) is 9.21. The first-order chi connectivity index (χ1) is 13.1. The third-order valence-corrected chi connectivity index (χ3v) is 5.17. The topological polar surface area (TPSA) is 71.2 Å². The van der Waals surface area contributed by atoms with Gasteiger partial charge in [-0.2, -0.15) is 0 Å². The van der Waals surface area contributed by atoms with Crippen molar-refractivity contribution < 1.29 is 14.3 Å². The molecule has 0 fully saturated rings. The molecule has 0 atom stereocenters. The number of ether oxygens (including phenoxy) is 1. The van der Waals surface area contributed by atoms with Gasteiger partial charge in [-0.3, -0.25) is 4.79 Å². The minimum absolute atomic E-state index is 0.180. The van der Waals surface area contributed by atoms with Crippen molar-refractivity contribution in [3.8, 4) is 0 Å². The Morgan fingerprint density at radius 1 is 1.07 bits per heavy atom. The number of benzene rings is 2. The highest BCUT2D eigenvalue weighted by Crippen LogP contribution is 2.31. The summed E-state index contributed by atoms with van der Waals surface area (Å²) in [6, 6.07) is 15.8. The molecule has 5 heteroatoms. The van der Waals surface area contributed by atoms with E-state index in [0.717, 1.165) is 27.6 Å². The van der Waals surface area contributed by atoms with Gasteiger partial charge in [0.05, 0.1) is 13.0 Å². The largest absolute Gasteiger partial charge is 0.464 e. The molecule has 0 bridgehead atoms. The van der Waals surface area contributed by atoms with Crippen molar-refractivity contribution in [2.75, 3.05) is 6.61 Å². The molecule has 0 spiro atoms. The molecule has 0 saturated carbocycles. The predicted octanol–water partition coefficient (Wildman–Crippen LogP) is 2.93. The Kier molecular flexibility index (Phi) is 4.44. The first kappa shape index (κ1) is 17.3. The van der Waals surface area contributed by atoms with Crippen LogP contribution in [0.4, 0.5) is 0 Å². The molecule has 0 saturated heterocycles. The summed E-state index contributed by atoms with van der Waals surface area (Å²) in [5, 5.41) is 4.02. The van der Waals surface area contributed by atoms with E-state index in [1.54, 1.807) is 6.92 Å². The number of esters is 1. The summed E-state index contributed by atoms with van der Waals surface area (Å²) in [5.41, 5.74) is 3.05. The number of carbonyl (C=O) groups is 2. The fourth-order valence-electron chi connectivity index (χ4n) is 3.93. The second-order valence-corrected chi connectivity index (χ2v) is 7.01. The second kappa shape index (κ2) is 6.91. The molecule has 1 amide bonds. The highest BCUT2D eigenvalue weighted by molar-refractivity contribution is 5.93. The fraction of sp³-hybridized carbons (Fsp3) is 0.273. The van der Waals surface area contributed by atoms with Gasteiger partial charge in [-0.15, -0.1) is 0 Å². The zero-order valence-corrected chi connectivity index (χ0v) is 15.2. The van der Waals surface area contributed by atoms with Gasteiger partial charge in [-0.05, 0) is 29.7 Å². The van der Waals surface area contributed by atoms with E-state index in [2.05, 4.69) is 10.3 Å². The molecular formula is C22H22N2O3. The van der Waals surface area contributed by atoms with Crippen molar-refractivity contribution in [2.45, 2.75) is 31.7 Å². The average molecular weight is 362 g/mol. The molecule has 27 heavy (non-hydrogen) atoms. The van der Waals surface area contributed by atoms with Crippen LogP contribution in [0.5, 0.6) is 0 Å². The molecule has 1 aliphatic carbocycles. The van der Waals surface area contributed by atoms with E-state index in [1.807, 2.05) is 54.7 Å². The molecular weight excluding hydrogens is 340 g/mol. The van der Waals surface area contributed by atoms with Gasteiger partial charge < -0.3 is 15.0 Å². The lowest BCUT2D eigenvalue weighted by atomic mass is 9.95. The Morgan fingerprint density at radius 3 is 2.44 bits per heavy atom. The number of rotatable bonds is 5. The third kappa shape index (κ3) is 3.21. The number of fused-ring (bicyclic) bond motifs is 2. The van der Waals surface area contributed by atoms with Gasteiger partial charge in [0.25, 0.3) is 0 Å². The summed E-state index contributed by atoms with van der Waals surface area (Å²) in [4.78, 5) is 28.8.